The Morgan fingerprint density at radius 1 is 0.971 bits per heavy atom. The first-order valence-electron chi connectivity index (χ1n) is 10.7. The van der Waals surface area contributed by atoms with E-state index in [0.717, 1.165) is 7.11 Å². The van der Waals surface area contributed by atoms with Gasteiger partial charge in [0.1, 0.15) is 29.2 Å². The van der Waals surface area contributed by atoms with Gasteiger partial charge in [0.2, 0.25) is 11.8 Å². The number of halogens is 1. The molecule has 3 aromatic rings. The van der Waals surface area contributed by atoms with Crippen LogP contribution in [0, 0.1) is 5.82 Å². The van der Waals surface area contributed by atoms with Crippen LogP contribution in [0.2, 0.25) is 0 Å². The van der Waals surface area contributed by atoms with Crippen molar-refractivity contribution in [3.63, 3.8) is 0 Å². The maximum atomic E-state index is 14.2. The Balaban J connectivity index is 1.90. The zero-order valence-electron chi connectivity index (χ0n) is 19.4. The molecule has 0 aliphatic heterocycles. The van der Waals surface area contributed by atoms with Gasteiger partial charge in [0.25, 0.3) is 0 Å². The highest BCUT2D eigenvalue weighted by Gasteiger charge is 2.28. The van der Waals surface area contributed by atoms with Gasteiger partial charge in [-0.25, -0.2) is 14.0 Å². The molecule has 10 heteroatoms. The third-order valence-electron chi connectivity index (χ3n) is 5.34. The molecule has 0 spiro atoms. The monoisotopic (exact) mass is 484 g/mol. The molecule has 0 unspecified atom stereocenters. The van der Waals surface area contributed by atoms with Crippen molar-refractivity contribution in [2.45, 2.75) is 31.8 Å². The van der Waals surface area contributed by atoms with Crippen LogP contribution in [0.3, 0.4) is 0 Å². The molecule has 9 nitrogen and oxygen atoms in total. The molecule has 0 bridgehead atoms. The van der Waals surface area contributed by atoms with Crippen LogP contribution >= 0.6 is 0 Å². The molecule has 184 valence electrons. The van der Waals surface area contributed by atoms with E-state index >= 15 is 0 Å². The lowest BCUT2D eigenvalue weighted by molar-refractivity contribution is -0.145. The summed E-state index contributed by atoms with van der Waals surface area (Å²) in [5, 5.41) is 5.58. The highest BCUT2D eigenvalue weighted by molar-refractivity contribution is 5.91. The zero-order valence-corrected chi connectivity index (χ0v) is 19.4. The molecule has 2 amide bonds. The highest BCUT2D eigenvalue weighted by atomic mass is 19.1. The molecule has 0 saturated heterocycles. The fraction of sp³-hybridized carbons (Fsp3) is 0.280. The molecule has 1 aromatic heterocycles. The number of carbonyl (C=O) groups is 3. The fourth-order valence-corrected chi connectivity index (χ4v) is 3.67. The summed E-state index contributed by atoms with van der Waals surface area (Å²) in [7, 11) is 2.63. The van der Waals surface area contributed by atoms with E-state index in [1.54, 1.807) is 18.2 Å². The molecular formula is C25H25FN2O7. The van der Waals surface area contributed by atoms with E-state index in [1.807, 2.05) is 0 Å². The van der Waals surface area contributed by atoms with Crippen molar-refractivity contribution in [2.24, 2.45) is 0 Å². The number of rotatable bonds is 9. The molecule has 0 aliphatic carbocycles. The number of hydrogen-bond donors (Lipinski definition) is 2. The predicted molar refractivity (Wildman–Crippen MR) is 124 cm³/mol. The Kier molecular flexibility index (Phi) is 8.19. The predicted octanol–water partition coefficient (Wildman–Crippen LogP) is 1.89. The van der Waals surface area contributed by atoms with Crippen LogP contribution in [-0.2, 0) is 32.0 Å². The third-order valence-corrected chi connectivity index (χ3v) is 5.34. The second-order valence-corrected chi connectivity index (χ2v) is 7.79. The summed E-state index contributed by atoms with van der Waals surface area (Å²) in [4.78, 5) is 49.4. The fourth-order valence-electron chi connectivity index (χ4n) is 3.67. The molecule has 2 N–H and O–H groups in total. The molecule has 1 heterocycles. The van der Waals surface area contributed by atoms with Crippen molar-refractivity contribution in [3.05, 3.63) is 75.9 Å². The molecule has 0 saturated carbocycles. The smallest absolute Gasteiger partial charge is 0.336 e. The average molecular weight is 484 g/mol. The Morgan fingerprint density at radius 3 is 2.34 bits per heavy atom. The van der Waals surface area contributed by atoms with Gasteiger partial charge in [-0.15, -0.1) is 0 Å². The molecule has 0 radical (unpaired) electrons. The molecular weight excluding hydrogens is 459 g/mol. The number of nitrogens with one attached hydrogen (secondary N) is 2. The van der Waals surface area contributed by atoms with Gasteiger partial charge in [0.15, 0.2) is 0 Å². The number of ether oxygens (including phenoxy) is 2. The maximum absolute atomic E-state index is 14.2. The summed E-state index contributed by atoms with van der Waals surface area (Å²) in [6.07, 6.45) is -0.233. The normalized spacial score (nSPS) is 12.5. The van der Waals surface area contributed by atoms with Crippen LogP contribution in [0.4, 0.5) is 4.39 Å². The van der Waals surface area contributed by atoms with Gasteiger partial charge in [0.05, 0.1) is 14.2 Å². The summed E-state index contributed by atoms with van der Waals surface area (Å²) in [6, 6.07) is 9.61. The number of fused-ring (bicyclic) bond motifs is 1. The maximum Gasteiger partial charge on any atom is 0.336 e. The summed E-state index contributed by atoms with van der Waals surface area (Å²) in [6.45, 7) is 1.23. The summed E-state index contributed by atoms with van der Waals surface area (Å²) in [5.74, 6) is -2.04. The minimum absolute atomic E-state index is 0.0979. The van der Waals surface area contributed by atoms with E-state index in [1.165, 1.54) is 44.4 Å². The van der Waals surface area contributed by atoms with E-state index < -0.39 is 41.3 Å². The van der Waals surface area contributed by atoms with E-state index in [9.17, 15) is 23.6 Å². The van der Waals surface area contributed by atoms with Crippen LogP contribution in [0.25, 0.3) is 11.0 Å². The quantitative estimate of drug-likeness (QED) is 0.351. The van der Waals surface area contributed by atoms with Crippen LogP contribution in [0.15, 0.2) is 57.7 Å². The second-order valence-electron chi connectivity index (χ2n) is 7.79. The molecule has 0 fully saturated rings. The minimum atomic E-state index is -1.20. The van der Waals surface area contributed by atoms with Crippen molar-refractivity contribution in [2.75, 3.05) is 14.2 Å². The van der Waals surface area contributed by atoms with Crippen LogP contribution in [0.1, 0.15) is 18.1 Å². The Hall–Kier alpha value is -4.21. The molecule has 3 rings (SSSR count). The van der Waals surface area contributed by atoms with Gasteiger partial charge in [0, 0.05) is 37.3 Å². The van der Waals surface area contributed by atoms with E-state index in [0.29, 0.717) is 16.7 Å². The van der Waals surface area contributed by atoms with Gasteiger partial charge in [-0.3, -0.25) is 9.59 Å². The lowest BCUT2D eigenvalue weighted by Crippen LogP contribution is -2.53. The number of carbonyl (C=O) groups excluding carboxylic acids is 3. The third kappa shape index (κ3) is 6.44. The molecule has 2 atom stereocenters. The van der Waals surface area contributed by atoms with E-state index in [4.69, 9.17) is 13.9 Å². The van der Waals surface area contributed by atoms with Crippen LogP contribution in [-0.4, -0.2) is 44.1 Å². The summed E-state index contributed by atoms with van der Waals surface area (Å²) >= 11 is 0. The zero-order chi connectivity index (χ0) is 25.5. The van der Waals surface area contributed by atoms with Crippen molar-refractivity contribution in [3.8, 4) is 5.75 Å². The molecule has 0 aliphatic rings. The number of methoxy groups -OCH3 is 2. The second kappa shape index (κ2) is 11.3. The van der Waals surface area contributed by atoms with E-state index in [-0.39, 0.29) is 24.0 Å². The standard InChI is InChI=1S/C25H25FN2O7/c1-14(29)27-20(10-15-6-4-5-7-19(15)26)24(31)28-21(25(32)34-3)11-16-12-23(30)35-22-13-17(33-2)8-9-18(16)22/h4-9,12-13,20-21H,10-11H2,1-3H3,(H,27,29)(H,28,31)/t20-,21-/m0/s1. The van der Waals surface area contributed by atoms with Gasteiger partial charge >= 0.3 is 11.6 Å². The van der Waals surface area contributed by atoms with Crippen molar-refractivity contribution in [1.82, 2.24) is 10.6 Å². The lowest BCUT2D eigenvalue weighted by atomic mass is 10.0. The lowest BCUT2D eigenvalue weighted by Gasteiger charge is -2.22. The SMILES string of the molecule is COC(=O)[C@H](Cc1cc(=O)oc2cc(OC)ccc12)NC(=O)[C@H](Cc1ccccc1F)NC(C)=O. The largest absolute Gasteiger partial charge is 0.497 e. The topological polar surface area (TPSA) is 124 Å². The first-order chi connectivity index (χ1) is 16.7. The van der Waals surface area contributed by atoms with Gasteiger partial charge in [-0.2, -0.15) is 0 Å². The molecule has 35 heavy (non-hydrogen) atoms. The Labute approximate surface area is 200 Å². The van der Waals surface area contributed by atoms with Crippen LogP contribution < -0.4 is 21.0 Å². The van der Waals surface area contributed by atoms with Crippen molar-refractivity contribution >= 4 is 28.8 Å². The van der Waals surface area contributed by atoms with Crippen LogP contribution in [0.5, 0.6) is 5.75 Å². The number of hydrogen-bond acceptors (Lipinski definition) is 7. The molecule has 2 aromatic carbocycles. The van der Waals surface area contributed by atoms with Gasteiger partial charge in [-0.05, 0) is 29.3 Å². The van der Waals surface area contributed by atoms with Crippen molar-refractivity contribution in [1.29, 1.82) is 0 Å². The summed E-state index contributed by atoms with van der Waals surface area (Å²) < 4.78 is 29.4. The Bertz CT molecular complexity index is 1300. The number of benzene rings is 2. The first kappa shape index (κ1) is 25.4. The average Bonchev–Trinajstić information content (AvgIpc) is 2.83. The van der Waals surface area contributed by atoms with Crippen molar-refractivity contribution < 1.29 is 32.7 Å². The Morgan fingerprint density at radius 2 is 1.69 bits per heavy atom. The minimum Gasteiger partial charge on any atom is -0.497 e. The highest BCUT2D eigenvalue weighted by Crippen LogP contribution is 2.23. The first-order valence-corrected chi connectivity index (χ1v) is 10.7. The number of amides is 2. The number of esters is 1. The van der Waals surface area contributed by atoms with Gasteiger partial charge < -0.3 is 24.5 Å². The van der Waals surface area contributed by atoms with Gasteiger partial charge in [-0.1, -0.05) is 18.2 Å². The summed E-state index contributed by atoms with van der Waals surface area (Å²) in [5.41, 5.74) is 0.250. The van der Waals surface area contributed by atoms with E-state index in [2.05, 4.69) is 10.6 Å².